The number of rotatable bonds is 12. The molecule has 9 heteroatoms. The minimum atomic E-state index is -5.91. The van der Waals surface area contributed by atoms with E-state index in [0.717, 1.165) is 0 Å². The van der Waals surface area contributed by atoms with E-state index >= 15 is 0 Å². The smallest absolute Gasteiger partial charge is 0.399 e. The molecule has 1 heterocycles. The second kappa shape index (κ2) is 29.0. The quantitative estimate of drug-likeness (QED) is 0.0689. The van der Waals surface area contributed by atoms with Crippen LogP contribution in [-0.2, 0) is 9.31 Å². The number of benzene rings is 12. The summed E-state index contributed by atoms with van der Waals surface area (Å²) in [7, 11) is -18.3. The van der Waals surface area contributed by atoms with Crippen molar-refractivity contribution >= 4 is 136 Å². The standard InChI is InChI=1S/C30H31BO2Si.C24H19BrSi.C18H15ClSi.C6H5Br/c1-29(2)30(3,4)33-31(32-29)24-15-14-22-28(23-24)34(25-16-8-5-9-17-25,26-18-10-6-11-19-26)27-20-12-7-13-21-27;25-20-11-10-18-24(19-20)26(21-12-4-1-5-13-21,22-14-6-2-7-15-22)23-16-8-3-9-17-23;19-20(16-10-4-1-5-11-16,17-12-6-2-7-13-17)18-14-8-3-9-15-18;7-6-4-2-1-3-5-6/h5-23H,1-4H3;1-19H;1-15H;1-5H/i5D,6D,7D,8D,9D,10D,11D,12D,13D,14D,15D,16D,17D,18D,19D,20D,21D,22D,23D;1D,2D,3D,4D,5D,6D,7D,8D,9D,10D,11D,12D,13D,14D,15D,16D,17D,18D,19D;1D,2D,3D,4D,5D,6D,7D,8D,9D,10D,11D,12D,13D,14D,15D;1D,2D,3D,4D,5D. The van der Waals surface area contributed by atoms with E-state index in [1.807, 2.05) is 0 Å². The van der Waals surface area contributed by atoms with Crippen LogP contribution in [0.1, 0.15) is 107 Å². The van der Waals surface area contributed by atoms with Gasteiger partial charge in [-0.3, -0.25) is 0 Å². The maximum atomic E-state index is 9.72. The summed E-state index contributed by atoms with van der Waals surface area (Å²) in [5.41, 5.74) is -2.75. The average molecular weight is 1390 g/mol. The van der Waals surface area contributed by atoms with Gasteiger partial charge in [0.05, 0.1) is 90.7 Å². The fourth-order valence-corrected chi connectivity index (χ4v) is 19.0. The molecule has 1 saturated heterocycles. The molecule has 1 aliphatic rings. The first-order chi connectivity index (χ1) is 66.4. The lowest BCUT2D eigenvalue weighted by molar-refractivity contribution is 0.00578. The molecule has 430 valence electrons. The van der Waals surface area contributed by atoms with E-state index in [2.05, 4.69) is 31.9 Å². The molecule has 1 fully saturated rings. The summed E-state index contributed by atoms with van der Waals surface area (Å²) in [6.45, 7) is 6.58. The van der Waals surface area contributed by atoms with Gasteiger partial charge in [0.25, 0.3) is 0 Å². The molecule has 0 N–H and O–H groups in total. The van der Waals surface area contributed by atoms with Crippen molar-refractivity contribution in [2.75, 3.05) is 0 Å². The van der Waals surface area contributed by atoms with Crippen molar-refractivity contribution in [1.29, 1.82) is 0 Å². The van der Waals surface area contributed by atoms with Crippen LogP contribution in [0.15, 0.2) is 359 Å². The van der Waals surface area contributed by atoms with E-state index in [-0.39, 0.29) is 34.7 Å². The van der Waals surface area contributed by atoms with Gasteiger partial charge in [0.1, 0.15) is 0 Å². The largest absolute Gasteiger partial charge is 0.494 e. The van der Waals surface area contributed by atoms with Crippen LogP contribution >= 0.6 is 42.9 Å². The number of halogens is 3. The molecule has 0 unspecified atom stereocenters. The SMILES string of the molecule is [2H]c1c([2H])c([2H])c(Br)c([2H])c1[2H].[2H]c1c([2H])c([2H])c([Si](Cl)(c2c([2H])c([2H])c([2H])c([2H])c2[2H])c2c([2H])c([2H])c([2H])c([2H])c2[2H])c([2H])c1[2H].[2H]c1c([2H])c([2H])c([Si](c2c([2H])c([2H])c([2H])c([2H])c2[2H])(c2c([2H])c([2H])c([2H])c([2H])c2[2H])c2c([2H])c([2H])c([2H])c(B3OC(C)(C)C(C)(C)O3)c2[2H])c([2H])c1[2H].[2H]c1c([2H])c([2H])c([Si](c2c([2H])c([2H])c([2H])c([2H])c2[2H])(c2c([2H])c([2H])c([2H])c([2H])c2[2H])c2c([2H])c([2H])c([2H])c(Br)c2[2H])c([2H])c1[2H]. The summed E-state index contributed by atoms with van der Waals surface area (Å²) >= 11 is 13.0. The molecule has 0 spiro atoms. The Morgan fingerprint density at radius 2 is 0.506 bits per heavy atom. The van der Waals surface area contributed by atoms with Crippen LogP contribution in [0.4, 0.5) is 0 Å². The van der Waals surface area contributed by atoms with Gasteiger partial charge in [-0.1, -0.05) is 358 Å². The van der Waals surface area contributed by atoms with Crippen LogP contribution < -0.4 is 62.5 Å². The molecule has 12 aromatic carbocycles. The molecular weight excluding hydrogens is 1260 g/mol. The first kappa shape index (κ1) is 22.8. The molecule has 0 saturated carbocycles. The molecule has 0 amide bonds. The lowest BCUT2D eigenvalue weighted by atomic mass is 9.79. The number of hydrogen-bond acceptors (Lipinski definition) is 2. The normalized spacial score (nSPS) is 22.6. The van der Waals surface area contributed by atoms with Crippen molar-refractivity contribution < 1.29 is 88.8 Å². The van der Waals surface area contributed by atoms with Crippen molar-refractivity contribution in [2.24, 2.45) is 0 Å². The highest BCUT2D eigenvalue weighted by molar-refractivity contribution is 9.10. The van der Waals surface area contributed by atoms with Crippen molar-refractivity contribution in [3.8, 4) is 0 Å². The third-order valence-corrected chi connectivity index (χ3v) is 26.0. The molecule has 0 bridgehead atoms. The molecule has 0 atom stereocenters. The van der Waals surface area contributed by atoms with E-state index in [0.29, 0.717) is 0 Å². The Kier molecular flexibility index (Phi) is 7.62. The summed E-state index contributed by atoms with van der Waals surface area (Å²) in [6.07, 6.45) is 0. The first-order valence-corrected chi connectivity index (χ1v) is 33.3. The highest BCUT2D eigenvalue weighted by Gasteiger charge is 2.52. The summed E-state index contributed by atoms with van der Waals surface area (Å²) in [5.74, 6) is 0. The Balaban J connectivity index is 0.000000214. The van der Waals surface area contributed by atoms with Gasteiger partial charge < -0.3 is 9.31 Å². The molecular formula is C78H70BBr2ClO2Si3. The van der Waals surface area contributed by atoms with Gasteiger partial charge in [-0.25, -0.2) is 0 Å². The summed E-state index contributed by atoms with van der Waals surface area (Å²) < 4.78 is 503. The predicted octanol–water partition coefficient (Wildman–Crippen LogP) is 12.5. The van der Waals surface area contributed by atoms with Gasteiger partial charge in [0, 0.05) is 8.95 Å². The van der Waals surface area contributed by atoms with Gasteiger partial charge in [-0.05, 0) is 114 Å². The highest BCUT2D eigenvalue weighted by Crippen LogP contribution is 2.36. The third kappa shape index (κ3) is 14.0. The zero-order valence-corrected chi connectivity index (χ0v) is 52.0. The van der Waals surface area contributed by atoms with Crippen LogP contribution in [0.3, 0.4) is 0 Å². The first-order valence-electron chi connectivity index (χ1n) is 53.7. The molecule has 12 aromatic rings. The fourth-order valence-electron chi connectivity index (χ4n) is 8.13. The second-order valence-corrected chi connectivity index (χ2v) is 31.3. The Hall–Kier alpha value is -7.47. The molecule has 87 heavy (non-hydrogen) atoms. The zero-order chi connectivity index (χ0) is 111. The van der Waals surface area contributed by atoms with E-state index in [1.54, 1.807) is 27.7 Å². The van der Waals surface area contributed by atoms with Crippen molar-refractivity contribution in [3.05, 3.63) is 359 Å². The molecule has 13 rings (SSSR count). The summed E-state index contributed by atoms with van der Waals surface area (Å²) in [4.78, 5) is 0. The van der Waals surface area contributed by atoms with Crippen molar-refractivity contribution in [2.45, 2.75) is 38.9 Å². The fraction of sp³-hybridized carbons (Fsp3) is 0.0769. The lowest BCUT2D eigenvalue weighted by Crippen LogP contribution is -2.75. The van der Waals surface area contributed by atoms with Crippen molar-refractivity contribution in [1.82, 2.24) is 0 Å². The van der Waals surface area contributed by atoms with Crippen LogP contribution in [0.25, 0.3) is 0 Å². The molecule has 0 aliphatic carbocycles. The summed E-state index contributed by atoms with van der Waals surface area (Å²) in [5, 5.41) is -9.13. The van der Waals surface area contributed by atoms with Crippen LogP contribution in [-0.4, -0.2) is 41.9 Å². The van der Waals surface area contributed by atoms with Crippen molar-refractivity contribution in [3.63, 3.8) is 0 Å². The van der Waals surface area contributed by atoms with E-state index < -0.39 is 429 Å². The Bertz CT molecular complexity index is 6610. The Morgan fingerprint density at radius 1 is 0.287 bits per heavy atom. The Morgan fingerprint density at radius 3 is 0.793 bits per heavy atom. The van der Waals surface area contributed by atoms with E-state index in [9.17, 15) is 11.0 Å². The molecule has 0 radical (unpaired) electrons. The summed E-state index contributed by atoms with van der Waals surface area (Å²) in [6, 6.07) is -51.8. The van der Waals surface area contributed by atoms with Gasteiger partial charge in [0.15, 0.2) is 16.1 Å². The highest BCUT2D eigenvalue weighted by atomic mass is 79.9. The van der Waals surface area contributed by atoms with Gasteiger partial charge in [0.2, 0.25) is 7.38 Å². The van der Waals surface area contributed by atoms with Gasteiger partial charge >= 0.3 is 7.12 Å². The average Bonchev–Trinajstić information content (AvgIpc) is 1.15. The molecule has 1 aliphatic heterocycles. The molecule has 2 nitrogen and oxygen atoms in total. The van der Waals surface area contributed by atoms with Crippen LogP contribution in [0, 0.1) is 0 Å². The number of hydrogen-bond donors (Lipinski definition) is 0. The zero-order valence-electron chi connectivity index (χ0n) is 103. The third-order valence-electron chi connectivity index (χ3n) is 12.7. The lowest BCUT2D eigenvalue weighted by Gasteiger charge is -2.34. The van der Waals surface area contributed by atoms with Gasteiger partial charge in [-0.2, -0.15) is 0 Å². The second-order valence-electron chi connectivity index (χ2n) is 18.2. The molecule has 0 aromatic heterocycles. The van der Waals surface area contributed by atoms with E-state index in [4.69, 9.17) is 88.9 Å². The van der Waals surface area contributed by atoms with Crippen LogP contribution in [0.2, 0.25) is 0 Å². The predicted molar refractivity (Wildman–Crippen MR) is 388 cm³/mol. The maximum Gasteiger partial charge on any atom is 0.494 e. The minimum absolute atomic E-state index is 0.105. The maximum absolute atomic E-state index is 9.72. The minimum Gasteiger partial charge on any atom is -0.399 e. The Labute approximate surface area is 622 Å². The topological polar surface area (TPSA) is 18.5 Å². The van der Waals surface area contributed by atoms with Crippen LogP contribution in [0.5, 0.6) is 0 Å². The monoisotopic (exact) mass is 1380 g/mol. The van der Waals surface area contributed by atoms with Gasteiger partial charge in [-0.15, -0.1) is 11.1 Å². The van der Waals surface area contributed by atoms with E-state index in [1.165, 1.54) is 0 Å².